The van der Waals surface area contributed by atoms with Crippen LogP contribution in [0.3, 0.4) is 0 Å². The standard InChI is InChI=1S/C27H37N5O7/c28-13-5-4-8-21(27(38)39)30-25(36)23(14-17-6-2-1-3-7-17)32-26(37)22(31-24(35)20(29)16-33)15-18-9-11-19(34)12-10-18/h1-3,6-7,9-12,20-23,33-34H,4-5,8,13-16,28-29H2,(H,30,36)(H,31,35)(H,32,37)(H,38,39). The van der Waals surface area contributed by atoms with Crippen LogP contribution in [0.5, 0.6) is 5.75 Å². The van der Waals surface area contributed by atoms with Crippen molar-refractivity contribution in [3.8, 4) is 5.75 Å². The fourth-order valence-electron chi connectivity index (χ4n) is 3.79. The molecule has 3 amide bonds. The summed E-state index contributed by atoms with van der Waals surface area (Å²) in [5, 5.41) is 36.0. The number of carbonyl (C=O) groups excluding carboxylic acids is 3. The zero-order valence-corrected chi connectivity index (χ0v) is 21.6. The molecule has 0 fully saturated rings. The number of aliphatic carboxylic acids is 1. The number of benzene rings is 2. The van der Waals surface area contributed by atoms with E-state index in [1.807, 2.05) is 0 Å². The number of rotatable bonds is 16. The smallest absolute Gasteiger partial charge is 0.326 e. The maximum atomic E-state index is 13.4. The normalized spacial score (nSPS) is 13.9. The second kappa shape index (κ2) is 16.1. The molecule has 0 aliphatic rings. The molecule has 0 aromatic heterocycles. The number of carbonyl (C=O) groups is 4. The van der Waals surface area contributed by atoms with Crippen LogP contribution < -0.4 is 27.4 Å². The Labute approximate surface area is 226 Å². The lowest BCUT2D eigenvalue weighted by molar-refractivity contribution is -0.142. The molecule has 0 heterocycles. The molecule has 0 bridgehead atoms. The lowest BCUT2D eigenvalue weighted by Crippen LogP contribution is -2.58. The summed E-state index contributed by atoms with van der Waals surface area (Å²) in [6.07, 6.45) is 1.31. The summed E-state index contributed by atoms with van der Waals surface area (Å²) in [6.45, 7) is -0.250. The Hall–Kier alpha value is -4.00. The second-order valence-corrected chi connectivity index (χ2v) is 9.16. The van der Waals surface area contributed by atoms with Crippen molar-refractivity contribution in [1.82, 2.24) is 16.0 Å². The largest absolute Gasteiger partial charge is 0.508 e. The van der Waals surface area contributed by atoms with Crippen molar-refractivity contribution in [2.45, 2.75) is 56.3 Å². The molecule has 4 unspecified atom stereocenters. The Morgan fingerprint density at radius 2 is 1.26 bits per heavy atom. The first-order valence-corrected chi connectivity index (χ1v) is 12.7. The minimum absolute atomic E-state index is 0.00742. The highest BCUT2D eigenvalue weighted by atomic mass is 16.4. The fourth-order valence-corrected chi connectivity index (χ4v) is 3.79. The predicted octanol–water partition coefficient (Wildman–Crippen LogP) is -0.835. The van der Waals surface area contributed by atoms with Gasteiger partial charge in [0.2, 0.25) is 17.7 Å². The van der Waals surface area contributed by atoms with Gasteiger partial charge in [0.05, 0.1) is 6.61 Å². The topological polar surface area (TPSA) is 217 Å². The predicted molar refractivity (Wildman–Crippen MR) is 143 cm³/mol. The van der Waals surface area contributed by atoms with Gasteiger partial charge in [0.25, 0.3) is 0 Å². The number of unbranched alkanes of at least 4 members (excludes halogenated alkanes) is 1. The van der Waals surface area contributed by atoms with Crippen LogP contribution in [0, 0.1) is 0 Å². The number of hydrogen-bond acceptors (Lipinski definition) is 8. The van der Waals surface area contributed by atoms with Gasteiger partial charge in [-0.25, -0.2) is 4.79 Å². The van der Waals surface area contributed by atoms with E-state index in [1.54, 1.807) is 42.5 Å². The van der Waals surface area contributed by atoms with Crippen LogP contribution in [0.1, 0.15) is 30.4 Å². The molecular formula is C27H37N5O7. The van der Waals surface area contributed by atoms with Crippen LogP contribution in [0.25, 0.3) is 0 Å². The van der Waals surface area contributed by atoms with Gasteiger partial charge in [0.1, 0.15) is 29.9 Å². The van der Waals surface area contributed by atoms with Crippen LogP contribution in [0.15, 0.2) is 54.6 Å². The molecule has 10 N–H and O–H groups in total. The summed E-state index contributed by atoms with van der Waals surface area (Å²) < 4.78 is 0. The van der Waals surface area contributed by atoms with Crippen molar-refractivity contribution in [2.75, 3.05) is 13.2 Å². The average molecular weight is 544 g/mol. The Balaban J connectivity index is 2.28. The highest BCUT2D eigenvalue weighted by Gasteiger charge is 2.30. The SMILES string of the molecule is NCCCCC(NC(=O)C(Cc1ccccc1)NC(=O)C(Cc1ccc(O)cc1)NC(=O)C(N)CO)C(=O)O. The molecule has 2 rings (SSSR count). The first-order valence-electron chi connectivity index (χ1n) is 12.7. The summed E-state index contributed by atoms with van der Waals surface area (Å²) in [7, 11) is 0. The van der Waals surface area contributed by atoms with Gasteiger partial charge in [-0.05, 0) is 49.1 Å². The van der Waals surface area contributed by atoms with E-state index >= 15 is 0 Å². The van der Waals surface area contributed by atoms with E-state index < -0.39 is 54.5 Å². The van der Waals surface area contributed by atoms with Gasteiger partial charge in [0, 0.05) is 12.8 Å². The van der Waals surface area contributed by atoms with Gasteiger partial charge < -0.3 is 42.7 Å². The highest BCUT2D eigenvalue weighted by Crippen LogP contribution is 2.12. The molecular weight excluding hydrogens is 506 g/mol. The number of aliphatic hydroxyl groups excluding tert-OH is 1. The summed E-state index contributed by atoms with van der Waals surface area (Å²) in [5.41, 5.74) is 12.4. The van der Waals surface area contributed by atoms with Crippen molar-refractivity contribution in [3.05, 3.63) is 65.7 Å². The molecule has 39 heavy (non-hydrogen) atoms. The summed E-state index contributed by atoms with van der Waals surface area (Å²) >= 11 is 0. The molecule has 12 nitrogen and oxygen atoms in total. The number of amides is 3. The van der Waals surface area contributed by atoms with E-state index in [0.717, 1.165) is 5.56 Å². The fraction of sp³-hybridized carbons (Fsp3) is 0.407. The summed E-state index contributed by atoms with van der Waals surface area (Å²) in [4.78, 5) is 50.8. The van der Waals surface area contributed by atoms with Crippen LogP contribution >= 0.6 is 0 Å². The third-order valence-electron chi connectivity index (χ3n) is 6.02. The molecule has 0 saturated heterocycles. The first kappa shape index (κ1) is 31.2. The molecule has 212 valence electrons. The molecule has 0 saturated carbocycles. The Morgan fingerprint density at radius 1 is 0.744 bits per heavy atom. The zero-order valence-electron chi connectivity index (χ0n) is 21.6. The minimum Gasteiger partial charge on any atom is -0.508 e. The second-order valence-electron chi connectivity index (χ2n) is 9.16. The molecule has 12 heteroatoms. The Kier molecular flexibility index (Phi) is 12.9. The van der Waals surface area contributed by atoms with Gasteiger partial charge in [-0.1, -0.05) is 42.5 Å². The summed E-state index contributed by atoms with van der Waals surface area (Å²) in [5.74, 6) is -3.38. The highest BCUT2D eigenvalue weighted by molar-refractivity contribution is 5.94. The average Bonchev–Trinajstić information content (AvgIpc) is 2.92. The quantitative estimate of drug-likeness (QED) is 0.124. The van der Waals surface area contributed by atoms with E-state index in [4.69, 9.17) is 11.5 Å². The van der Waals surface area contributed by atoms with Gasteiger partial charge >= 0.3 is 5.97 Å². The Morgan fingerprint density at radius 3 is 1.77 bits per heavy atom. The number of carboxylic acid groups (broad SMARTS) is 1. The van der Waals surface area contributed by atoms with E-state index in [1.165, 1.54) is 12.1 Å². The van der Waals surface area contributed by atoms with Gasteiger partial charge in [-0.3, -0.25) is 14.4 Å². The van der Waals surface area contributed by atoms with Crippen LogP contribution in [-0.2, 0) is 32.0 Å². The monoisotopic (exact) mass is 543 g/mol. The molecule has 0 aliphatic carbocycles. The van der Waals surface area contributed by atoms with E-state index in [2.05, 4.69) is 16.0 Å². The zero-order chi connectivity index (χ0) is 28.8. The summed E-state index contributed by atoms with van der Waals surface area (Å²) in [6, 6.07) is 10.0. The van der Waals surface area contributed by atoms with E-state index in [9.17, 15) is 34.5 Å². The number of nitrogens with one attached hydrogen (secondary N) is 3. The van der Waals surface area contributed by atoms with Crippen molar-refractivity contribution < 1.29 is 34.5 Å². The van der Waals surface area contributed by atoms with Gasteiger partial charge in [0.15, 0.2) is 0 Å². The van der Waals surface area contributed by atoms with Crippen LogP contribution in [0.4, 0.5) is 0 Å². The third kappa shape index (κ3) is 10.7. The number of hydrogen-bond donors (Lipinski definition) is 8. The lowest BCUT2D eigenvalue weighted by atomic mass is 10.0. The third-order valence-corrected chi connectivity index (χ3v) is 6.02. The molecule has 0 radical (unpaired) electrons. The molecule has 0 spiro atoms. The van der Waals surface area contributed by atoms with Crippen molar-refractivity contribution >= 4 is 23.7 Å². The number of nitrogens with two attached hydrogens (primary N) is 2. The maximum Gasteiger partial charge on any atom is 0.326 e. The van der Waals surface area contributed by atoms with E-state index in [-0.39, 0.29) is 25.0 Å². The lowest BCUT2D eigenvalue weighted by Gasteiger charge is -2.25. The number of aromatic hydroxyl groups is 1. The first-order chi connectivity index (χ1) is 18.6. The van der Waals surface area contributed by atoms with Gasteiger partial charge in [-0.2, -0.15) is 0 Å². The van der Waals surface area contributed by atoms with Crippen LogP contribution in [-0.4, -0.2) is 76.3 Å². The Bertz CT molecular complexity index is 1080. The van der Waals surface area contributed by atoms with Crippen molar-refractivity contribution in [3.63, 3.8) is 0 Å². The number of aliphatic hydroxyl groups is 1. The number of phenols is 1. The van der Waals surface area contributed by atoms with E-state index in [0.29, 0.717) is 24.9 Å². The van der Waals surface area contributed by atoms with Gasteiger partial charge in [-0.15, -0.1) is 0 Å². The van der Waals surface area contributed by atoms with Crippen molar-refractivity contribution in [1.29, 1.82) is 0 Å². The molecule has 2 aromatic carbocycles. The van der Waals surface area contributed by atoms with Crippen molar-refractivity contribution in [2.24, 2.45) is 11.5 Å². The minimum atomic E-state index is -1.27. The molecule has 0 aliphatic heterocycles. The number of carboxylic acids is 1. The molecule has 4 atom stereocenters. The maximum absolute atomic E-state index is 13.4. The van der Waals surface area contributed by atoms with Crippen LogP contribution in [0.2, 0.25) is 0 Å². The number of phenolic OH excluding ortho intramolecular Hbond substituents is 1. The molecule has 2 aromatic rings.